The van der Waals surface area contributed by atoms with Crippen molar-refractivity contribution in [2.24, 2.45) is 0 Å². The van der Waals surface area contributed by atoms with Crippen molar-refractivity contribution in [2.45, 2.75) is 103 Å². The van der Waals surface area contributed by atoms with Gasteiger partial charge in [-0.15, -0.1) is 0 Å². The lowest BCUT2D eigenvalue weighted by Gasteiger charge is -2.20. The monoisotopic (exact) mass is 810 g/mol. The minimum atomic E-state index is -4.26. The first-order valence-corrected chi connectivity index (χ1v) is 20.3. The highest BCUT2D eigenvalue weighted by Gasteiger charge is 2.29. The van der Waals surface area contributed by atoms with E-state index in [1.165, 1.54) is 0 Å². The van der Waals surface area contributed by atoms with Crippen LogP contribution in [0.2, 0.25) is 0 Å². The zero-order valence-corrected chi connectivity index (χ0v) is 35.3. The highest BCUT2D eigenvalue weighted by molar-refractivity contribution is 7.89. The first-order chi connectivity index (χ1) is 26.7. The lowest BCUT2D eigenvalue weighted by Crippen LogP contribution is -2.49. The molecule has 2 aromatic carbocycles. The topological polar surface area (TPSA) is 203 Å². The summed E-state index contributed by atoms with van der Waals surface area (Å²) in [5, 5.41) is 11.4. The van der Waals surface area contributed by atoms with E-state index in [4.69, 9.17) is 14.2 Å². The summed E-state index contributed by atoms with van der Waals surface area (Å²) in [5.41, 5.74) is 2.10. The van der Waals surface area contributed by atoms with Gasteiger partial charge in [0.1, 0.15) is 23.2 Å². The number of pyridine rings is 1. The van der Waals surface area contributed by atoms with Crippen molar-refractivity contribution in [2.75, 3.05) is 38.7 Å². The van der Waals surface area contributed by atoms with Gasteiger partial charge in [0.15, 0.2) is 0 Å². The normalized spacial score (nSPS) is 12.3. The zero-order chi connectivity index (χ0) is 42.4. The number of benzene rings is 2. The SMILES string of the molecule is COC(=O)[C@@H](CNC(=O)c1ccc(CCc2cccc(NC(=O)OC(C)(C)C)n2)cc1)NS(=O)(=O)c1c(C)cc(OCCCC(=O)NCCNC(C)(C)C)cc1C. The zero-order valence-electron chi connectivity index (χ0n) is 34.5. The summed E-state index contributed by atoms with van der Waals surface area (Å²) in [7, 11) is -3.13. The second kappa shape index (κ2) is 20.9. The van der Waals surface area contributed by atoms with E-state index < -0.39 is 39.6 Å². The molecule has 0 aliphatic rings. The van der Waals surface area contributed by atoms with Crippen molar-refractivity contribution in [3.63, 3.8) is 0 Å². The molecule has 0 fully saturated rings. The maximum absolute atomic E-state index is 13.6. The molecule has 0 bridgehead atoms. The van der Waals surface area contributed by atoms with Crippen molar-refractivity contribution < 1.29 is 41.8 Å². The highest BCUT2D eigenvalue weighted by Crippen LogP contribution is 2.26. The number of esters is 1. The van der Waals surface area contributed by atoms with E-state index in [9.17, 15) is 27.6 Å². The van der Waals surface area contributed by atoms with Crippen molar-refractivity contribution in [3.05, 3.63) is 82.5 Å². The molecule has 3 rings (SSSR count). The smallest absolute Gasteiger partial charge is 0.413 e. The summed E-state index contributed by atoms with van der Waals surface area (Å²) in [6.07, 6.45) is 1.34. The summed E-state index contributed by atoms with van der Waals surface area (Å²) < 4.78 is 45.5. The van der Waals surface area contributed by atoms with Crippen LogP contribution in [0.1, 0.15) is 87.1 Å². The predicted octanol–water partition coefficient (Wildman–Crippen LogP) is 4.74. The van der Waals surface area contributed by atoms with Crippen LogP contribution in [0, 0.1) is 13.8 Å². The molecule has 312 valence electrons. The quantitative estimate of drug-likeness (QED) is 0.0827. The molecule has 0 saturated carbocycles. The first-order valence-electron chi connectivity index (χ1n) is 18.8. The van der Waals surface area contributed by atoms with Crippen LogP contribution in [0.5, 0.6) is 5.75 Å². The van der Waals surface area contributed by atoms with Gasteiger partial charge in [-0.05, 0) is 128 Å². The van der Waals surface area contributed by atoms with E-state index in [2.05, 4.69) is 51.7 Å². The van der Waals surface area contributed by atoms with E-state index >= 15 is 0 Å². The van der Waals surface area contributed by atoms with Crippen LogP contribution in [0.15, 0.2) is 59.5 Å². The van der Waals surface area contributed by atoms with Crippen LogP contribution in [-0.2, 0) is 41.9 Å². The Hall–Kier alpha value is -5.06. The number of carbonyl (C=O) groups is 4. The number of hydrogen-bond donors (Lipinski definition) is 5. The van der Waals surface area contributed by atoms with Crippen LogP contribution in [0.3, 0.4) is 0 Å². The number of amides is 3. The molecule has 1 aromatic heterocycles. The molecule has 3 aromatic rings. The molecule has 5 N–H and O–H groups in total. The lowest BCUT2D eigenvalue weighted by atomic mass is 10.1. The van der Waals surface area contributed by atoms with Crippen molar-refractivity contribution >= 4 is 39.7 Å². The number of methoxy groups -OCH3 is 1. The minimum Gasteiger partial charge on any atom is -0.494 e. The van der Waals surface area contributed by atoms with Crippen molar-refractivity contribution in [3.8, 4) is 5.75 Å². The number of ether oxygens (including phenoxy) is 3. The fraction of sp³-hybridized carbons (Fsp3) is 0.488. The second-order valence-corrected chi connectivity index (χ2v) is 17.3. The Balaban J connectivity index is 1.53. The van der Waals surface area contributed by atoms with Crippen LogP contribution in [-0.4, -0.2) is 87.8 Å². The molecule has 3 amide bonds. The van der Waals surface area contributed by atoms with E-state index in [1.807, 2.05) is 6.07 Å². The third-order valence-corrected chi connectivity index (χ3v) is 9.97. The van der Waals surface area contributed by atoms with Gasteiger partial charge >= 0.3 is 12.1 Å². The number of hydrogen-bond acceptors (Lipinski definition) is 11. The molecular weight excluding hydrogens is 753 g/mol. The molecule has 1 atom stereocenters. The van der Waals surface area contributed by atoms with Gasteiger partial charge < -0.3 is 30.2 Å². The van der Waals surface area contributed by atoms with Gasteiger partial charge in [0, 0.05) is 42.9 Å². The van der Waals surface area contributed by atoms with Crippen molar-refractivity contribution in [1.29, 1.82) is 0 Å². The highest BCUT2D eigenvalue weighted by atomic mass is 32.2. The second-order valence-electron chi connectivity index (χ2n) is 15.6. The van der Waals surface area contributed by atoms with E-state index in [1.54, 1.807) is 83.1 Å². The van der Waals surface area contributed by atoms with Crippen LogP contribution in [0.4, 0.5) is 10.6 Å². The van der Waals surface area contributed by atoms with Crippen LogP contribution >= 0.6 is 0 Å². The number of carbonyl (C=O) groups excluding carboxylic acids is 4. The summed E-state index contributed by atoms with van der Waals surface area (Å²) in [5.74, 6) is -0.650. The molecule has 16 heteroatoms. The molecule has 0 aliphatic heterocycles. The molecule has 0 radical (unpaired) electrons. The van der Waals surface area contributed by atoms with Gasteiger partial charge in [-0.25, -0.2) is 18.2 Å². The Kier molecular flexibility index (Phi) is 17.0. The van der Waals surface area contributed by atoms with Crippen LogP contribution < -0.4 is 30.7 Å². The molecule has 57 heavy (non-hydrogen) atoms. The molecular formula is C41H58N6O9S. The van der Waals surface area contributed by atoms with E-state index in [0.29, 0.717) is 60.6 Å². The first kappa shape index (κ1) is 46.3. The predicted molar refractivity (Wildman–Crippen MR) is 218 cm³/mol. The number of aromatic nitrogens is 1. The number of sulfonamides is 1. The molecule has 0 saturated heterocycles. The van der Waals surface area contributed by atoms with Gasteiger partial charge in [-0.1, -0.05) is 18.2 Å². The number of aryl methyl sites for hydroxylation is 4. The number of nitrogens with zero attached hydrogens (tertiary/aromatic N) is 1. The molecule has 0 spiro atoms. The largest absolute Gasteiger partial charge is 0.494 e. The van der Waals surface area contributed by atoms with Gasteiger partial charge in [0.05, 0.1) is 18.6 Å². The Morgan fingerprint density at radius 2 is 1.53 bits per heavy atom. The standard InChI is InChI=1S/C41H58N6O9S/c1-27-24-32(55-23-11-14-35(48)42-21-22-44-40(3,4)5)25-28(2)36(27)57(52,53)47-33(38(50)54-9)26-43-37(49)30-18-15-29(16-19-30)17-20-31-12-10-13-34(45-31)46-39(51)56-41(6,7)8/h10,12-13,15-16,18-19,24-25,33,44,47H,11,14,17,20-23,26H2,1-9H3,(H,42,48)(H,43,49)(H,45,46,51)/t33-/m1/s1. The maximum atomic E-state index is 13.6. The van der Waals surface area contributed by atoms with Crippen molar-refractivity contribution in [1.82, 2.24) is 25.7 Å². The Labute approximate surface area is 336 Å². The minimum absolute atomic E-state index is 0.0287. The third kappa shape index (κ3) is 16.5. The third-order valence-electron chi connectivity index (χ3n) is 8.19. The van der Waals surface area contributed by atoms with E-state index in [-0.39, 0.29) is 35.9 Å². The Bertz CT molecular complexity index is 1930. The molecule has 0 unspecified atom stereocenters. The Morgan fingerprint density at radius 1 is 0.860 bits per heavy atom. The van der Waals surface area contributed by atoms with Gasteiger partial charge in [0.25, 0.3) is 5.91 Å². The van der Waals surface area contributed by atoms with Gasteiger partial charge in [0.2, 0.25) is 15.9 Å². The number of nitrogens with one attached hydrogen (secondary N) is 5. The maximum Gasteiger partial charge on any atom is 0.413 e. The Morgan fingerprint density at radius 3 is 2.14 bits per heavy atom. The number of anilines is 1. The molecule has 1 heterocycles. The fourth-order valence-corrected chi connectivity index (χ4v) is 7.26. The van der Waals surface area contributed by atoms with E-state index in [0.717, 1.165) is 18.4 Å². The summed E-state index contributed by atoms with van der Waals surface area (Å²) in [4.78, 5) is 54.4. The summed E-state index contributed by atoms with van der Waals surface area (Å²) in [6, 6.07) is 13.9. The van der Waals surface area contributed by atoms with Gasteiger partial charge in [-0.3, -0.25) is 19.7 Å². The van der Waals surface area contributed by atoms with Crippen LogP contribution in [0.25, 0.3) is 0 Å². The summed E-state index contributed by atoms with van der Waals surface area (Å²) in [6.45, 7) is 15.8. The fourth-order valence-electron chi connectivity index (χ4n) is 5.62. The van der Waals surface area contributed by atoms with Gasteiger partial charge in [-0.2, -0.15) is 4.72 Å². The molecule has 15 nitrogen and oxygen atoms in total. The summed E-state index contributed by atoms with van der Waals surface area (Å²) >= 11 is 0. The molecule has 0 aliphatic carbocycles. The average molecular weight is 811 g/mol. The average Bonchev–Trinajstić information content (AvgIpc) is 3.11. The lowest BCUT2D eigenvalue weighted by molar-refractivity contribution is -0.142. The number of rotatable bonds is 19.